The number of hydrogen-bond donors (Lipinski definition) is 2. The van der Waals surface area contributed by atoms with Gasteiger partial charge in [-0.3, -0.25) is 9.59 Å². The maximum absolute atomic E-state index is 12.4. The highest BCUT2D eigenvalue weighted by atomic mass is 16.5. The summed E-state index contributed by atoms with van der Waals surface area (Å²) < 4.78 is 11.1. The molecule has 2 amide bonds. The molecule has 2 N–H and O–H groups in total. The van der Waals surface area contributed by atoms with Crippen LogP contribution < -0.4 is 5.32 Å². The quantitative estimate of drug-likeness (QED) is 0.587. The molecule has 8 nitrogen and oxygen atoms in total. The maximum Gasteiger partial charge on any atom is 0.407 e. The summed E-state index contributed by atoms with van der Waals surface area (Å²) in [5, 5.41) is 11.4. The first-order chi connectivity index (χ1) is 16.5. The number of likely N-dealkylation sites (tertiary alicyclic amines) is 1. The molecule has 0 unspecified atom stereocenters. The van der Waals surface area contributed by atoms with E-state index in [9.17, 15) is 14.4 Å². The average Bonchev–Trinajstić information content (AvgIpc) is 3.16. The van der Waals surface area contributed by atoms with E-state index in [0.29, 0.717) is 25.9 Å². The number of amides is 2. The zero-order valence-electron chi connectivity index (χ0n) is 19.1. The minimum absolute atomic E-state index is 0.00112. The van der Waals surface area contributed by atoms with Crippen molar-refractivity contribution in [1.29, 1.82) is 0 Å². The predicted molar refractivity (Wildman–Crippen MR) is 125 cm³/mol. The lowest BCUT2D eigenvalue weighted by atomic mass is 9.98. The van der Waals surface area contributed by atoms with Crippen molar-refractivity contribution in [1.82, 2.24) is 10.2 Å². The summed E-state index contributed by atoms with van der Waals surface area (Å²) >= 11 is 0. The molecule has 0 aromatic heterocycles. The molecule has 1 aliphatic carbocycles. The molecular formula is C26H30N2O6. The average molecular weight is 467 g/mol. The first-order valence-electron chi connectivity index (χ1n) is 11.7. The van der Waals surface area contributed by atoms with Gasteiger partial charge >= 0.3 is 12.1 Å². The first-order valence-corrected chi connectivity index (χ1v) is 11.7. The minimum atomic E-state index is -0.878. The number of carbonyl (C=O) groups is 3. The molecule has 0 bridgehead atoms. The van der Waals surface area contributed by atoms with Crippen molar-refractivity contribution in [3.63, 3.8) is 0 Å². The van der Waals surface area contributed by atoms with E-state index in [0.717, 1.165) is 11.1 Å². The molecule has 0 atom stereocenters. The van der Waals surface area contributed by atoms with Gasteiger partial charge in [-0.25, -0.2) is 4.79 Å². The number of fused-ring (bicyclic) bond motifs is 3. The molecule has 2 aliphatic rings. The number of nitrogens with zero attached hydrogens (tertiary/aromatic N) is 1. The summed E-state index contributed by atoms with van der Waals surface area (Å²) in [7, 11) is 0. The normalized spacial score (nSPS) is 15.5. The van der Waals surface area contributed by atoms with Crippen LogP contribution in [-0.4, -0.2) is 66.9 Å². The highest BCUT2D eigenvalue weighted by Gasteiger charge is 2.29. The number of nitrogens with one attached hydrogen (secondary N) is 1. The Morgan fingerprint density at radius 2 is 1.56 bits per heavy atom. The van der Waals surface area contributed by atoms with Gasteiger partial charge in [-0.05, 0) is 35.1 Å². The number of carbonyl (C=O) groups excluding carboxylic acids is 2. The molecule has 8 heteroatoms. The van der Waals surface area contributed by atoms with Crippen LogP contribution in [0.2, 0.25) is 0 Å². The summed E-state index contributed by atoms with van der Waals surface area (Å²) in [5.41, 5.74) is 4.66. The van der Waals surface area contributed by atoms with Gasteiger partial charge < -0.3 is 24.8 Å². The van der Waals surface area contributed by atoms with Crippen molar-refractivity contribution in [2.45, 2.75) is 37.7 Å². The van der Waals surface area contributed by atoms with Gasteiger partial charge in [0.1, 0.15) is 6.61 Å². The smallest absolute Gasteiger partial charge is 0.407 e. The molecule has 34 heavy (non-hydrogen) atoms. The van der Waals surface area contributed by atoms with Crippen molar-refractivity contribution < 1.29 is 29.0 Å². The molecule has 180 valence electrons. The lowest BCUT2D eigenvalue weighted by Crippen LogP contribution is -2.42. The Labute approximate surface area is 198 Å². The van der Waals surface area contributed by atoms with Gasteiger partial charge in [0.25, 0.3) is 0 Å². The topological polar surface area (TPSA) is 105 Å². The van der Waals surface area contributed by atoms with Crippen LogP contribution in [-0.2, 0) is 19.1 Å². The van der Waals surface area contributed by atoms with Crippen molar-refractivity contribution in [3.05, 3.63) is 59.7 Å². The fraction of sp³-hybridized carbons (Fsp3) is 0.423. The molecule has 1 fully saturated rings. The lowest BCUT2D eigenvalue weighted by molar-refractivity contribution is -0.139. The third-order valence-corrected chi connectivity index (χ3v) is 6.42. The van der Waals surface area contributed by atoms with E-state index in [1.165, 1.54) is 11.1 Å². The molecule has 2 aromatic rings. The van der Waals surface area contributed by atoms with E-state index in [-0.39, 0.29) is 50.5 Å². The van der Waals surface area contributed by atoms with Crippen LogP contribution in [0.3, 0.4) is 0 Å². The highest BCUT2D eigenvalue weighted by molar-refractivity contribution is 5.79. The van der Waals surface area contributed by atoms with Crippen molar-refractivity contribution >= 4 is 18.0 Å². The number of piperidine rings is 1. The van der Waals surface area contributed by atoms with E-state index >= 15 is 0 Å². The number of hydrogen-bond acceptors (Lipinski definition) is 5. The number of benzene rings is 2. The summed E-state index contributed by atoms with van der Waals surface area (Å²) in [6.45, 7) is 1.79. The van der Waals surface area contributed by atoms with E-state index < -0.39 is 12.1 Å². The number of carboxylic acid groups (broad SMARTS) is 1. The Morgan fingerprint density at radius 1 is 0.941 bits per heavy atom. The number of ether oxygens (including phenoxy) is 2. The first kappa shape index (κ1) is 23.8. The zero-order chi connectivity index (χ0) is 23.9. The number of aliphatic carboxylic acids is 1. The van der Waals surface area contributed by atoms with Crippen molar-refractivity contribution in [2.24, 2.45) is 0 Å². The van der Waals surface area contributed by atoms with Gasteiger partial charge in [0.2, 0.25) is 5.91 Å². The Bertz CT molecular complexity index is 986. The van der Waals surface area contributed by atoms with Crippen LogP contribution in [0.5, 0.6) is 0 Å². The van der Waals surface area contributed by atoms with Gasteiger partial charge in [0.05, 0.1) is 19.1 Å². The Kier molecular flexibility index (Phi) is 7.80. The summed E-state index contributed by atoms with van der Waals surface area (Å²) in [6.07, 6.45) is 1.02. The second kappa shape index (κ2) is 11.2. The molecule has 0 saturated carbocycles. The van der Waals surface area contributed by atoms with Crippen LogP contribution in [0.4, 0.5) is 4.79 Å². The van der Waals surface area contributed by atoms with Crippen molar-refractivity contribution in [2.75, 3.05) is 32.8 Å². The van der Waals surface area contributed by atoms with E-state index in [1.807, 2.05) is 24.3 Å². The van der Waals surface area contributed by atoms with Gasteiger partial charge in [-0.2, -0.15) is 0 Å². The molecular weight excluding hydrogens is 436 g/mol. The molecule has 0 radical (unpaired) electrons. The number of rotatable bonds is 9. The summed E-state index contributed by atoms with van der Waals surface area (Å²) in [4.78, 5) is 37.0. The minimum Gasteiger partial charge on any atom is -0.481 e. The van der Waals surface area contributed by atoms with Crippen LogP contribution in [0.25, 0.3) is 11.1 Å². The molecule has 0 spiro atoms. The van der Waals surface area contributed by atoms with Gasteiger partial charge in [-0.15, -0.1) is 0 Å². The second-order valence-corrected chi connectivity index (χ2v) is 8.60. The summed E-state index contributed by atoms with van der Waals surface area (Å²) in [5.74, 6) is -0.904. The van der Waals surface area contributed by atoms with Gasteiger partial charge in [-0.1, -0.05) is 48.5 Å². The largest absolute Gasteiger partial charge is 0.481 e. The molecule has 2 aromatic carbocycles. The van der Waals surface area contributed by atoms with Crippen molar-refractivity contribution in [3.8, 4) is 11.1 Å². The molecule has 1 heterocycles. The molecule has 1 saturated heterocycles. The van der Waals surface area contributed by atoms with E-state index in [2.05, 4.69) is 29.6 Å². The van der Waals surface area contributed by atoms with Crippen LogP contribution in [0.15, 0.2) is 48.5 Å². The fourth-order valence-electron chi connectivity index (χ4n) is 4.66. The Balaban J connectivity index is 1.17. The van der Waals surface area contributed by atoms with Crippen LogP contribution in [0.1, 0.15) is 42.7 Å². The lowest BCUT2D eigenvalue weighted by Gasteiger charge is -2.32. The van der Waals surface area contributed by atoms with Crippen LogP contribution in [0, 0.1) is 0 Å². The van der Waals surface area contributed by atoms with E-state index in [1.54, 1.807) is 4.90 Å². The number of carboxylic acids is 1. The standard InChI is InChI=1S/C26H30N2O6/c29-24(28-14-10-18(11-15-28)33-16-12-25(30)31)9-13-27-26(32)34-17-23-21-7-3-1-5-19(21)20-6-2-4-8-22(20)23/h1-8,18,23H,9-17H2,(H,27,32)(H,30,31). The number of alkyl carbamates (subject to hydrolysis) is 1. The van der Waals surface area contributed by atoms with Crippen LogP contribution >= 0.6 is 0 Å². The zero-order valence-corrected chi connectivity index (χ0v) is 19.1. The van der Waals surface area contributed by atoms with Gasteiger partial charge in [0, 0.05) is 32.0 Å². The predicted octanol–water partition coefficient (Wildman–Crippen LogP) is 3.40. The second-order valence-electron chi connectivity index (χ2n) is 8.60. The summed E-state index contributed by atoms with van der Waals surface area (Å²) in [6, 6.07) is 16.3. The third-order valence-electron chi connectivity index (χ3n) is 6.42. The maximum atomic E-state index is 12.4. The Hall–Kier alpha value is -3.39. The Morgan fingerprint density at radius 3 is 2.18 bits per heavy atom. The molecule has 1 aliphatic heterocycles. The molecule has 4 rings (SSSR count). The highest BCUT2D eigenvalue weighted by Crippen LogP contribution is 2.44. The SMILES string of the molecule is O=C(O)CCOC1CCN(C(=O)CCNC(=O)OCC2c3ccccc3-c3ccccc32)CC1. The van der Waals surface area contributed by atoms with Gasteiger partial charge in [0.15, 0.2) is 0 Å². The monoisotopic (exact) mass is 466 g/mol. The van der Waals surface area contributed by atoms with E-state index in [4.69, 9.17) is 14.6 Å². The fourth-order valence-corrected chi connectivity index (χ4v) is 4.66. The third kappa shape index (κ3) is 5.75.